The molecule has 4 heterocycles. The number of esters is 1. The number of aromatic nitrogens is 3. The maximum absolute atomic E-state index is 13.1. The molecule has 252 valence electrons. The van der Waals surface area contributed by atoms with Gasteiger partial charge in [0.15, 0.2) is 0 Å². The number of nitrogens with zero attached hydrogens (tertiary/aromatic N) is 4. The van der Waals surface area contributed by atoms with Gasteiger partial charge in [-0.05, 0) is 84.3 Å². The second-order valence-electron chi connectivity index (χ2n) is 14.1. The zero-order valence-electron chi connectivity index (χ0n) is 28.4. The molecule has 5 rings (SSSR count). The minimum Gasteiger partial charge on any atom is -0.458 e. The number of rotatable bonds is 10. The second kappa shape index (κ2) is 15.3. The van der Waals surface area contributed by atoms with E-state index in [0.29, 0.717) is 30.1 Å². The summed E-state index contributed by atoms with van der Waals surface area (Å²) in [5.41, 5.74) is 2.68. The van der Waals surface area contributed by atoms with Crippen molar-refractivity contribution in [3.63, 3.8) is 0 Å². The highest BCUT2D eigenvalue weighted by atomic mass is 16.6. The highest BCUT2D eigenvalue weighted by molar-refractivity contribution is 5.82. The second-order valence-corrected chi connectivity index (χ2v) is 14.1. The Balaban J connectivity index is 1.20. The van der Waals surface area contributed by atoms with Crippen molar-refractivity contribution in [2.45, 2.75) is 116 Å². The summed E-state index contributed by atoms with van der Waals surface area (Å²) in [7, 11) is 0. The third-order valence-electron chi connectivity index (χ3n) is 9.30. The van der Waals surface area contributed by atoms with Crippen LogP contribution in [0.3, 0.4) is 0 Å². The Labute approximate surface area is 274 Å². The average molecular weight is 636 g/mol. The van der Waals surface area contributed by atoms with E-state index < -0.39 is 23.7 Å². The van der Waals surface area contributed by atoms with Crippen LogP contribution >= 0.6 is 0 Å². The molecule has 2 aromatic rings. The molecule has 1 saturated heterocycles. The first-order valence-corrected chi connectivity index (χ1v) is 17.3. The number of ether oxygens (including phenoxy) is 2. The number of carbonyl (C=O) groups is 2. The van der Waals surface area contributed by atoms with Crippen LogP contribution in [0.25, 0.3) is 0 Å². The fourth-order valence-electron chi connectivity index (χ4n) is 6.79. The van der Waals surface area contributed by atoms with Gasteiger partial charge in [0.2, 0.25) is 0 Å². The molecule has 0 unspecified atom stereocenters. The van der Waals surface area contributed by atoms with Crippen LogP contribution in [0, 0.1) is 19.8 Å². The standard InChI is InChI=1S/C35H53N7O4/c1-23-30(37-22-29(33(43)46-35(3,4)5)41-34(44)45-21-17-25-10-7-6-8-11-25)38-24(2)39-32(23)42-19-15-26(16-20-42)28-14-13-27-12-9-18-36-31(27)40-28/h13-14,25-26,29H,6-12,15-22H2,1-5H3,(H,36,40)(H,41,44)(H,37,38,39)/t29-/m0/s1. The van der Waals surface area contributed by atoms with Gasteiger partial charge in [0.05, 0.1) is 6.61 Å². The number of pyridine rings is 1. The number of piperidine rings is 1. The van der Waals surface area contributed by atoms with Crippen LogP contribution in [-0.2, 0) is 20.7 Å². The first kappa shape index (κ1) is 33.7. The molecule has 2 fully saturated rings. The van der Waals surface area contributed by atoms with Crippen molar-refractivity contribution >= 4 is 29.5 Å². The van der Waals surface area contributed by atoms with E-state index in [1.54, 1.807) is 0 Å². The molecule has 11 heteroatoms. The quantitative estimate of drug-likeness (QED) is 0.265. The molecule has 2 aromatic heterocycles. The third-order valence-corrected chi connectivity index (χ3v) is 9.30. The summed E-state index contributed by atoms with van der Waals surface area (Å²) >= 11 is 0. The number of hydrogen-bond donors (Lipinski definition) is 3. The van der Waals surface area contributed by atoms with E-state index in [0.717, 1.165) is 68.9 Å². The Bertz CT molecular complexity index is 1350. The molecule has 0 aromatic carbocycles. The first-order valence-electron chi connectivity index (χ1n) is 17.3. The number of carbonyl (C=O) groups excluding carboxylic acids is 2. The summed E-state index contributed by atoms with van der Waals surface area (Å²) in [5, 5.41) is 9.51. The molecule has 11 nitrogen and oxygen atoms in total. The predicted molar refractivity (Wildman–Crippen MR) is 181 cm³/mol. The minimum atomic E-state index is -0.950. The molecule has 0 bridgehead atoms. The lowest BCUT2D eigenvalue weighted by Gasteiger charge is -2.34. The number of amides is 1. The number of nitrogens with one attached hydrogen (secondary N) is 3. The molecular weight excluding hydrogens is 582 g/mol. The van der Waals surface area contributed by atoms with Crippen molar-refractivity contribution in [3.8, 4) is 0 Å². The Kier molecular flexibility index (Phi) is 11.2. The van der Waals surface area contributed by atoms with Crippen LogP contribution in [0.4, 0.5) is 22.2 Å². The Morgan fingerprint density at radius 1 is 1.02 bits per heavy atom. The predicted octanol–water partition coefficient (Wildman–Crippen LogP) is 6.05. The highest BCUT2D eigenvalue weighted by Gasteiger charge is 2.29. The molecule has 46 heavy (non-hydrogen) atoms. The summed E-state index contributed by atoms with van der Waals surface area (Å²) in [6, 6.07) is 3.49. The van der Waals surface area contributed by atoms with Crippen LogP contribution in [0.5, 0.6) is 0 Å². The number of fused-ring (bicyclic) bond motifs is 1. The minimum absolute atomic E-state index is 0.101. The summed E-state index contributed by atoms with van der Waals surface area (Å²) in [4.78, 5) is 42.7. The summed E-state index contributed by atoms with van der Waals surface area (Å²) < 4.78 is 11.1. The van der Waals surface area contributed by atoms with Gasteiger partial charge in [-0.1, -0.05) is 38.2 Å². The summed E-state index contributed by atoms with van der Waals surface area (Å²) in [6.07, 6.45) is 10.6. The molecule has 1 amide bonds. The maximum atomic E-state index is 13.1. The van der Waals surface area contributed by atoms with Gasteiger partial charge in [0, 0.05) is 43.4 Å². The normalized spacial score (nSPS) is 18.2. The van der Waals surface area contributed by atoms with E-state index in [2.05, 4.69) is 38.0 Å². The summed E-state index contributed by atoms with van der Waals surface area (Å²) in [6.45, 7) is 12.5. The van der Waals surface area contributed by atoms with Gasteiger partial charge in [-0.2, -0.15) is 0 Å². The largest absolute Gasteiger partial charge is 0.458 e. The van der Waals surface area contributed by atoms with Gasteiger partial charge in [-0.3, -0.25) is 0 Å². The van der Waals surface area contributed by atoms with Crippen molar-refractivity contribution < 1.29 is 19.1 Å². The SMILES string of the molecule is Cc1nc(NC[C@H](NC(=O)OCCC2CCCCC2)C(=O)OC(C)(C)C)c(C)c(N2CCC(c3ccc4c(n3)NCCC4)CC2)n1. The van der Waals surface area contributed by atoms with Crippen LogP contribution in [-0.4, -0.2) is 71.4 Å². The van der Waals surface area contributed by atoms with Crippen molar-refractivity contribution in [2.75, 3.05) is 48.3 Å². The smallest absolute Gasteiger partial charge is 0.407 e. The maximum Gasteiger partial charge on any atom is 0.407 e. The molecule has 2 aliphatic heterocycles. The molecule has 0 radical (unpaired) electrons. The third kappa shape index (κ3) is 9.22. The van der Waals surface area contributed by atoms with E-state index in [-0.39, 0.29) is 6.54 Å². The summed E-state index contributed by atoms with van der Waals surface area (Å²) in [5.74, 6) is 3.69. The van der Waals surface area contributed by atoms with E-state index in [4.69, 9.17) is 19.4 Å². The molecule has 1 aliphatic carbocycles. The molecule has 3 N–H and O–H groups in total. The Morgan fingerprint density at radius 2 is 1.78 bits per heavy atom. The van der Waals surface area contributed by atoms with Crippen molar-refractivity contribution in [1.29, 1.82) is 0 Å². The van der Waals surface area contributed by atoms with E-state index in [1.165, 1.54) is 43.4 Å². The van der Waals surface area contributed by atoms with E-state index in [1.807, 2.05) is 34.6 Å². The average Bonchev–Trinajstić information content (AvgIpc) is 3.04. The van der Waals surface area contributed by atoms with Crippen molar-refractivity contribution in [2.24, 2.45) is 5.92 Å². The van der Waals surface area contributed by atoms with Crippen LogP contribution < -0.4 is 20.9 Å². The van der Waals surface area contributed by atoms with Gasteiger partial charge in [0.1, 0.15) is 34.9 Å². The molecular formula is C35H53N7O4. The zero-order valence-corrected chi connectivity index (χ0v) is 28.4. The Morgan fingerprint density at radius 3 is 2.52 bits per heavy atom. The number of aryl methyl sites for hydroxylation is 2. The fourth-order valence-corrected chi connectivity index (χ4v) is 6.79. The zero-order chi connectivity index (χ0) is 32.7. The van der Waals surface area contributed by atoms with Crippen LogP contribution in [0.15, 0.2) is 12.1 Å². The first-order chi connectivity index (χ1) is 22.1. The van der Waals surface area contributed by atoms with E-state index >= 15 is 0 Å². The number of anilines is 3. The van der Waals surface area contributed by atoms with Gasteiger partial charge in [-0.15, -0.1) is 0 Å². The Hall–Kier alpha value is -3.63. The molecule has 1 saturated carbocycles. The number of alkyl carbamates (subject to hydrolysis) is 1. The van der Waals surface area contributed by atoms with Gasteiger partial charge in [0.25, 0.3) is 0 Å². The monoisotopic (exact) mass is 635 g/mol. The molecule has 1 atom stereocenters. The van der Waals surface area contributed by atoms with Gasteiger partial charge in [-0.25, -0.2) is 24.5 Å². The van der Waals surface area contributed by atoms with E-state index in [9.17, 15) is 9.59 Å². The highest BCUT2D eigenvalue weighted by Crippen LogP contribution is 2.33. The lowest BCUT2D eigenvalue weighted by Crippen LogP contribution is -2.48. The van der Waals surface area contributed by atoms with Gasteiger partial charge >= 0.3 is 12.1 Å². The van der Waals surface area contributed by atoms with Crippen molar-refractivity contribution in [3.05, 3.63) is 34.8 Å². The van der Waals surface area contributed by atoms with Crippen LogP contribution in [0.2, 0.25) is 0 Å². The molecule has 0 spiro atoms. The topological polar surface area (TPSA) is 131 Å². The van der Waals surface area contributed by atoms with Crippen molar-refractivity contribution in [1.82, 2.24) is 20.3 Å². The van der Waals surface area contributed by atoms with Crippen LogP contribution in [0.1, 0.15) is 107 Å². The fraction of sp³-hybridized carbons (Fsp3) is 0.686. The lowest BCUT2D eigenvalue weighted by molar-refractivity contribution is -0.156. The van der Waals surface area contributed by atoms with Gasteiger partial charge < -0.3 is 30.3 Å². The number of hydrogen-bond acceptors (Lipinski definition) is 10. The lowest BCUT2D eigenvalue weighted by atomic mass is 9.87. The molecule has 3 aliphatic rings.